The first-order valence-corrected chi connectivity index (χ1v) is 13.6. The number of ether oxygens (including phenoxy) is 2. The molecule has 1 aliphatic heterocycles. The van der Waals surface area contributed by atoms with E-state index in [1.807, 2.05) is 11.3 Å². The van der Waals surface area contributed by atoms with Gasteiger partial charge in [-0.25, -0.2) is 0 Å². The minimum atomic E-state index is 0.0927. The molecule has 2 heterocycles. The molecule has 29 heavy (non-hydrogen) atoms. The largest absolute Gasteiger partial charge is 0.353 e. The summed E-state index contributed by atoms with van der Waals surface area (Å²) in [6.07, 6.45) is 24.1. The summed E-state index contributed by atoms with van der Waals surface area (Å²) in [5.74, 6) is 0. The van der Waals surface area contributed by atoms with Crippen LogP contribution in [0.5, 0.6) is 0 Å². The SMILES string of the molecule is CCCCCCc1ccsc1CCCCCCCCCCCOC1CCCCO1. The predicted molar refractivity (Wildman–Crippen MR) is 127 cm³/mol. The molecule has 0 N–H and O–H groups in total. The van der Waals surface area contributed by atoms with Gasteiger partial charge < -0.3 is 9.47 Å². The van der Waals surface area contributed by atoms with Crippen LogP contribution in [0.15, 0.2) is 11.4 Å². The molecule has 0 aromatic carbocycles. The van der Waals surface area contributed by atoms with E-state index >= 15 is 0 Å². The molecule has 0 spiro atoms. The predicted octanol–water partition coefficient (Wildman–Crippen LogP) is 8.47. The summed E-state index contributed by atoms with van der Waals surface area (Å²) >= 11 is 1.99. The van der Waals surface area contributed by atoms with Crippen molar-refractivity contribution in [2.24, 2.45) is 0 Å². The molecule has 168 valence electrons. The molecule has 1 fully saturated rings. The fraction of sp³-hybridized carbons (Fsp3) is 0.846. The number of hydrogen-bond donors (Lipinski definition) is 0. The zero-order chi connectivity index (χ0) is 20.4. The second-order valence-electron chi connectivity index (χ2n) is 8.78. The average molecular weight is 423 g/mol. The Morgan fingerprint density at radius 2 is 1.55 bits per heavy atom. The van der Waals surface area contributed by atoms with E-state index in [4.69, 9.17) is 9.47 Å². The lowest BCUT2D eigenvalue weighted by Gasteiger charge is -2.22. The summed E-state index contributed by atoms with van der Waals surface area (Å²) < 4.78 is 11.4. The summed E-state index contributed by atoms with van der Waals surface area (Å²) in [5, 5.41) is 2.30. The molecule has 1 saturated heterocycles. The van der Waals surface area contributed by atoms with E-state index in [0.717, 1.165) is 19.6 Å². The van der Waals surface area contributed by atoms with Gasteiger partial charge in [-0.15, -0.1) is 11.3 Å². The maximum atomic E-state index is 5.80. The van der Waals surface area contributed by atoms with Crippen LogP contribution >= 0.6 is 11.3 Å². The van der Waals surface area contributed by atoms with Crippen molar-refractivity contribution < 1.29 is 9.47 Å². The first kappa shape index (κ1) is 24.9. The number of rotatable bonds is 18. The molecule has 0 bridgehead atoms. The van der Waals surface area contributed by atoms with Crippen LogP contribution in [0.3, 0.4) is 0 Å². The van der Waals surface area contributed by atoms with Crippen LogP contribution in [0, 0.1) is 0 Å². The average Bonchev–Trinajstić information content (AvgIpc) is 3.20. The Hall–Kier alpha value is -0.380. The van der Waals surface area contributed by atoms with Gasteiger partial charge in [0, 0.05) is 18.1 Å². The maximum absolute atomic E-state index is 5.80. The topological polar surface area (TPSA) is 18.5 Å². The molecule has 1 unspecified atom stereocenters. The highest BCUT2D eigenvalue weighted by Gasteiger charge is 2.13. The molecule has 1 aromatic rings. The number of thiophene rings is 1. The molecule has 1 atom stereocenters. The first-order chi connectivity index (χ1) is 14.4. The second-order valence-corrected chi connectivity index (χ2v) is 9.78. The van der Waals surface area contributed by atoms with Gasteiger partial charge >= 0.3 is 0 Å². The van der Waals surface area contributed by atoms with E-state index in [9.17, 15) is 0 Å². The van der Waals surface area contributed by atoms with E-state index in [1.165, 1.54) is 109 Å². The maximum Gasteiger partial charge on any atom is 0.157 e. The molecule has 0 amide bonds. The van der Waals surface area contributed by atoms with Crippen molar-refractivity contribution in [3.05, 3.63) is 21.9 Å². The quantitative estimate of drug-likeness (QED) is 0.221. The third-order valence-electron chi connectivity index (χ3n) is 6.13. The molecular formula is C26H46O2S. The van der Waals surface area contributed by atoms with E-state index in [-0.39, 0.29) is 6.29 Å². The van der Waals surface area contributed by atoms with Crippen LogP contribution in [-0.4, -0.2) is 19.5 Å². The zero-order valence-corrected chi connectivity index (χ0v) is 19.9. The van der Waals surface area contributed by atoms with Crippen molar-refractivity contribution >= 4 is 11.3 Å². The van der Waals surface area contributed by atoms with Crippen molar-refractivity contribution in [3.63, 3.8) is 0 Å². The van der Waals surface area contributed by atoms with Gasteiger partial charge in [0.25, 0.3) is 0 Å². The Kier molecular flexibility index (Phi) is 14.9. The van der Waals surface area contributed by atoms with Gasteiger partial charge in [-0.05, 0) is 68.4 Å². The number of unbranched alkanes of at least 4 members (excludes halogenated alkanes) is 11. The first-order valence-electron chi connectivity index (χ1n) is 12.7. The Bertz CT molecular complexity index is 479. The lowest BCUT2D eigenvalue weighted by molar-refractivity contribution is -0.162. The van der Waals surface area contributed by atoms with Gasteiger partial charge in [0.15, 0.2) is 6.29 Å². The van der Waals surface area contributed by atoms with E-state index in [2.05, 4.69) is 18.4 Å². The summed E-state index contributed by atoms with van der Waals surface area (Å²) in [6.45, 7) is 4.06. The van der Waals surface area contributed by atoms with E-state index in [1.54, 1.807) is 10.4 Å². The standard InChI is InChI=1S/C26H46O2S/c1-2-3-4-12-17-24-20-23-29-25(24)18-13-10-8-6-5-7-9-11-15-21-27-26-19-14-16-22-28-26/h20,23,26H,2-19,21-22H2,1H3. The van der Waals surface area contributed by atoms with Crippen molar-refractivity contribution in [2.45, 2.75) is 129 Å². The highest BCUT2D eigenvalue weighted by Crippen LogP contribution is 2.22. The van der Waals surface area contributed by atoms with Gasteiger partial charge in [0.2, 0.25) is 0 Å². The Morgan fingerprint density at radius 3 is 2.28 bits per heavy atom. The fourth-order valence-corrected chi connectivity index (χ4v) is 5.21. The van der Waals surface area contributed by atoms with Crippen LogP contribution in [-0.2, 0) is 22.3 Å². The lowest BCUT2D eigenvalue weighted by atomic mass is 10.0. The third-order valence-corrected chi connectivity index (χ3v) is 7.15. The Balaban J connectivity index is 1.34. The van der Waals surface area contributed by atoms with Gasteiger partial charge in [0.1, 0.15) is 0 Å². The summed E-state index contributed by atoms with van der Waals surface area (Å²) in [7, 11) is 0. The smallest absolute Gasteiger partial charge is 0.157 e. The van der Waals surface area contributed by atoms with Crippen LogP contribution in [0.25, 0.3) is 0 Å². The monoisotopic (exact) mass is 422 g/mol. The molecule has 1 aliphatic rings. The highest BCUT2D eigenvalue weighted by atomic mass is 32.1. The summed E-state index contributed by atoms with van der Waals surface area (Å²) in [4.78, 5) is 1.67. The molecule has 1 aromatic heterocycles. The van der Waals surface area contributed by atoms with Crippen LogP contribution in [0.4, 0.5) is 0 Å². The fourth-order valence-electron chi connectivity index (χ4n) is 4.23. The van der Waals surface area contributed by atoms with Gasteiger partial charge in [0.05, 0.1) is 0 Å². The lowest BCUT2D eigenvalue weighted by Crippen LogP contribution is -2.22. The Morgan fingerprint density at radius 1 is 0.862 bits per heavy atom. The zero-order valence-electron chi connectivity index (χ0n) is 19.1. The third kappa shape index (κ3) is 12.2. The number of hydrogen-bond acceptors (Lipinski definition) is 3. The minimum absolute atomic E-state index is 0.0927. The van der Waals surface area contributed by atoms with Crippen molar-refractivity contribution in [2.75, 3.05) is 13.2 Å². The van der Waals surface area contributed by atoms with Crippen LogP contribution in [0.1, 0.15) is 120 Å². The molecule has 0 saturated carbocycles. The van der Waals surface area contributed by atoms with Crippen molar-refractivity contribution in [3.8, 4) is 0 Å². The summed E-state index contributed by atoms with van der Waals surface area (Å²) in [6, 6.07) is 2.37. The second kappa shape index (κ2) is 17.3. The van der Waals surface area contributed by atoms with E-state index < -0.39 is 0 Å². The van der Waals surface area contributed by atoms with Crippen molar-refractivity contribution in [1.29, 1.82) is 0 Å². The normalized spacial score (nSPS) is 17.1. The molecule has 0 aliphatic carbocycles. The highest BCUT2D eigenvalue weighted by molar-refractivity contribution is 7.10. The molecular weight excluding hydrogens is 376 g/mol. The van der Waals surface area contributed by atoms with Gasteiger partial charge in [-0.2, -0.15) is 0 Å². The molecule has 0 radical (unpaired) electrons. The minimum Gasteiger partial charge on any atom is -0.353 e. The molecule has 3 heteroatoms. The molecule has 2 rings (SSSR count). The van der Waals surface area contributed by atoms with Gasteiger partial charge in [-0.1, -0.05) is 71.1 Å². The van der Waals surface area contributed by atoms with Crippen LogP contribution in [0.2, 0.25) is 0 Å². The molecule has 2 nitrogen and oxygen atoms in total. The van der Waals surface area contributed by atoms with Crippen molar-refractivity contribution in [1.82, 2.24) is 0 Å². The van der Waals surface area contributed by atoms with E-state index in [0.29, 0.717) is 0 Å². The summed E-state index contributed by atoms with van der Waals surface area (Å²) in [5.41, 5.74) is 1.64. The number of aryl methyl sites for hydroxylation is 2. The van der Waals surface area contributed by atoms with Gasteiger partial charge in [-0.3, -0.25) is 0 Å². The Labute approximate surface area is 184 Å². The van der Waals surface area contributed by atoms with Crippen LogP contribution < -0.4 is 0 Å².